The Morgan fingerprint density at radius 2 is 1.54 bits per heavy atom. The van der Waals surface area contributed by atoms with Crippen molar-refractivity contribution in [3.05, 3.63) is 81.9 Å². The second-order valence-electron chi connectivity index (χ2n) is 21.4. The fourth-order valence-electron chi connectivity index (χ4n) is 12.3. The van der Waals surface area contributed by atoms with Crippen molar-refractivity contribution in [1.82, 2.24) is 25.3 Å². The predicted molar refractivity (Wildman–Crippen MR) is 261 cm³/mol. The van der Waals surface area contributed by atoms with Crippen molar-refractivity contribution in [2.45, 2.75) is 110 Å². The van der Waals surface area contributed by atoms with Crippen LogP contribution in [-0.4, -0.2) is 141 Å². The molecule has 5 fully saturated rings. The minimum atomic E-state index is -1.07. The summed E-state index contributed by atoms with van der Waals surface area (Å²) in [6, 6.07) is 16.5. The maximum absolute atomic E-state index is 13.7. The van der Waals surface area contributed by atoms with E-state index in [9.17, 15) is 29.2 Å². The van der Waals surface area contributed by atoms with E-state index in [2.05, 4.69) is 71.2 Å². The van der Waals surface area contributed by atoms with E-state index in [1.54, 1.807) is 12.1 Å². The molecule has 1 atom stereocenters. The number of rotatable bonds is 15. The van der Waals surface area contributed by atoms with E-state index in [1.165, 1.54) is 7.11 Å². The van der Waals surface area contributed by atoms with Crippen LogP contribution in [0, 0.1) is 41.9 Å². The van der Waals surface area contributed by atoms with Gasteiger partial charge in [0.25, 0.3) is 17.7 Å². The topological polar surface area (TPSA) is 183 Å². The number of nitrogens with zero attached hydrogens (tertiary/aromatic N) is 5. The quantitative estimate of drug-likeness (QED) is 0.178. The number of piperidine rings is 2. The summed E-state index contributed by atoms with van der Waals surface area (Å²) >= 11 is 0. The smallest absolute Gasteiger partial charge is 0.266 e. The molecule has 2 aliphatic carbocycles. The monoisotopic (exact) mass is 958 g/mol. The summed E-state index contributed by atoms with van der Waals surface area (Å²) in [7, 11) is 1.44. The van der Waals surface area contributed by atoms with Gasteiger partial charge in [0, 0.05) is 105 Å². The molecule has 4 heterocycles. The van der Waals surface area contributed by atoms with Crippen molar-refractivity contribution in [3.8, 4) is 23.3 Å². The summed E-state index contributed by atoms with van der Waals surface area (Å²) in [4.78, 5) is 73.8. The van der Waals surface area contributed by atoms with Crippen LogP contribution in [0.5, 0.6) is 17.2 Å². The number of hydrogen-bond donors (Lipinski definition) is 2. The number of benzene rings is 3. The average Bonchev–Trinajstić information content (AvgIpc) is 3.57. The molecule has 0 unspecified atom stereocenters. The summed E-state index contributed by atoms with van der Waals surface area (Å²) in [5.41, 5.74) is 3.76. The third kappa shape index (κ3) is 9.47. The van der Waals surface area contributed by atoms with Gasteiger partial charge >= 0.3 is 0 Å². The molecule has 0 aromatic heterocycles. The highest BCUT2D eigenvalue weighted by atomic mass is 16.5. The molecular formula is C54H67N7O9. The van der Waals surface area contributed by atoms with Gasteiger partial charge < -0.3 is 29.2 Å². The molecule has 9 rings (SSSR count). The van der Waals surface area contributed by atoms with Crippen LogP contribution in [-0.2, 0) is 14.3 Å². The molecular weight excluding hydrogens is 891 g/mol. The lowest BCUT2D eigenvalue weighted by atomic mass is 9.49. The molecule has 3 aromatic carbocycles. The zero-order valence-corrected chi connectivity index (χ0v) is 41.6. The first-order chi connectivity index (χ1) is 33.5. The minimum Gasteiger partial charge on any atom is -0.496 e. The van der Waals surface area contributed by atoms with Gasteiger partial charge in [-0.3, -0.25) is 44.0 Å². The normalized spacial score (nSPS) is 25.4. The van der Waals surface area contributed by atoms with E-state index in [0.29, 0.717) is 28.8 Å². The van der Waals surface area contributed by atoms with Gasteiger partial charge in [-0.15, -0.1) is 0 Å². The Morgan fingerprint density at radius 1 is 0.886 bits per heavy atom. The maximum atomic E-state index is 13.7. The number of carbonyl (C=O) groups is 5. The molecule has 5 amide bonds. The second-order valence-corrected chi connectivity index (χ2v) is 21.4. The van der Waals surface area contributed by atoms with Crippen molar-refractivity contribution >= 4 is 35.2 Å². The Bertz CT molecular complexity index is 2530. The van der Waals surface area contributed by atoms with Gasteiger partial charge in [0.05, 0.1) is 43.1 Å². The van der Waals surface area contributed by atoms with Crippen LogP contribution in [0.3, 0.4) is 0 Å². The number of aryl methyl sites for hydroxylation is 2. The van der Waals surface area contributed by atoms with Gasteiger partial charge in [-0.25, -0.2) is 0 Å². The second kappa shape index (κ2) is 19.6. The Kier molecular flexibility index (Phi) is 13.7. The van der Waals surface area contributed by atoms with Gasteiger partial charge in [0.2, 0.25) is 11.8 Å². The van der Waals surface area contributed by atoms with E-state index in [1.807, 2.05) is 38.1 Å². The van der Waals surface area contributed by atoms with E-state index >= 15 is 0 Å². The van der Waals surface area contributed by atoms with E-state index in [-0.39, 0.29) is 64.7 Å². The fourth-order valence-corrected chi connectivity index (χ4v) is 12.3. The highest BCUT2D eigenvalue weighted by Crippen LogP contribution is 2.56. The molecule has 4 aliphatic heterocycles. The van der Waals surface area contributed by atoms with Crippen LogP contribution < -0.4 is 29.7 Å². The highest BCUT2D eigenvalue weighted by molar-refractivity contribution is 6.24. The minimum absolute atomic E-state index is 0.0414. The predicted octanol–water partition coefficient (Wildman–Crippen LogP) is 5.66. The largest absolute Gasteiger partial charge is 0.496 e. The molecule has 2 saturated carbocycles. The number of nitrogens with one attached hydrogen (secondary N) is 2. The van der Waals surface area contributed by atoms with Gasteiger partial charge in [0.15, 0.2) is 0 Å². The van der Waals surface area contributed by atoms with Crippen molar-refractivity contribution in [1.29, 1.82) is 5.26 Å². The number of imide groups is 2. The van der Waals surface area contributed by atoms with Crippen LogP contribution >= 0.6 is 0 Å². The standard InChI is InChI=1S/C54H67N7O9/c1-32-24-38(25-33(2)42(32)30-55)70-52-53(3,4)51(54(52,5)6)57-47(63)35-8-10-36(11-9-35)59-16-14-34(15-17-59)31-60(19-18-58-20-22-68-23-21-58)37-26-39(27-37)69-40-28-41-46(44(29-40)67-7)50(66)61(49(41)65)43-12-13-45(62)56-48(43)64/h8-11,24-25,28-29,34,37,39,43,51-52H,12-23,26-27,31H2,1-7H3,(H,57,63)(H,56,62,64)/t37?,39?,43-,51?,52?/m1/s1. The van der Waals surface area contributed by atoms with Crippen molar-refractivity contribution < 1.29 is 42.9 Å². The third-order valence-electron chi connectivity index (χ3n) is 16.0. The molecule has 70 heavy (non-hydrogen) atoms. The lowest BCUT2D eigenvalue weighted by molar-refractivity contribution is -0.164. The molecule has 16 heteroatoms. The molecule has 0 spiro atoms. The Labute approximate surface area is 410 Å². The molecule has 16 nitrogen and oxygen atoms in total. The first-order valence-electron chi connectivity index (χ1n) is 24.9. The number of hydrogen-bond acceptors (Lipinski definition) is 13. The number of fused-ring (bicyclic) bond motifs is 1. The maximum Gasteiger partial charge on any atom is 0.266 e. The summed E-state index contributed by atoms with van der Waals surface area (Å²) in [5.74, 6) is -0.499. The summed E-state index contributed by atoms with van der Waals surface area (Å²) < 4.78 is 24.3. The highest BCUT2D eigenvalue weighted by Gasteiger charge is 2.64. The molecule has 2 N–H and O–H groups in total. The molecule has 3 saturated heterocycles. The summed E-state index contributed by atoms with van der Waals surface area (Å²) in [5, 5.41) is 15.1. The summed E-state index contributed by atoms with van der Waals surface area (Å²) in [6.45, 7) is 20.5. The lowest BCUT2D eigenvalue weighted by Gasteiger charge is -2.63. The van der Waals surface area contributed by atoms with Crippen LogP contribution in [0.1, 0.15) is 114 Å². The number of anilines is 1. The van der Waals surface area contributed by atoms with Gasteiger partial charge in [0.1, 0.15) is 35.5 Å². The Hall–Kier alpha value is -6.02. The molecule has 3 aromatic rings. The van der Waals surface area contributed by atoms with Crippen LogP contribution in [0.2, 0.25) is 0 Å². The molecule has 6 aliphatic rings. The van der Waals surface area contributed by atoms with Crippen LogP contribution in [0.25, 0.3) is 0 Å². The van der Waals surface area contributed by atoms with Crippen molar-refractivity contribution in [2.24, 2.45) is 16.7 Å². The average molecular weight is 958 g/mol. The lowest BCUT2D eigenvalue weighted by Crippen LogP contribution is -2.74. The van der Waals surface area contributed by atoms with E-state index in [0.717, 1.165) is 112 Å². The van der Waals surface area contributed by atoms with Crippen LogP contribution in [0.15, 0.2) is 48.5 Å². The number of morpholine rings is 1. The number of nitriles is 1. The summed E-state index contributed by atoms with van der Waals surface area (Å²) in [6.07, 6.45) is 3.63. The van der Waals surface area contributed by atoms with Crippen LogP contribution in [0.4, 0.5) is 5.69 Å². The molecule has 372 valence electrons. The first-order valence-corrected chi connectivity index (χ1v) is 24.9. The number of amides is 5. The first kappa shape index (κ1) is 49.0. The Morgan fingerprint density at radius 3 is 2.17 bits per heavy atom. The van der Waals surface area contributed by atoms with E-state index < -0.39 is 29.7 Å². The number of carbonyl (C=O) groups excluding carboxylic acids is 5. The van der Waals surface area contributed by atoms with Gasteiger partial charge in [-0.1, -0.05) is 27.7 Å². The zero-order chi connectivity index (χ0) is 49.6. The molecule has 0 bridgehead atoms. The van der Waals surface area contributed by atoms with E-state index in [4.69, 9.17) is 18.9 Å². The third-order valence-corrected chi connectivity index (χ3v) is 16.0. The number of methoxy groups -OCH3 is 1. The fraction of sp³-hybridized carbons (Fsp3) is 0.556. The molecule has 0 radical (unpaired) electrons. The zero-order valence-electron chi connectivity index (χ0n) is 41.6. The van der Waals surface area contributed by atoms with Gasteiger partial charge in [-0.2, -0.15) is 5.26 Å². The SMILES string of the molecule is COc1cc(OC2CC(N(CCN3CCOCC3)CC3CCN(c4ccc(C(=O)NC5C(C)(C)C(Oc6cc(C)c(C#N)c(C)c6)C5(C)C)cc4)CC3)C2)cc2c1C(=O)N([C@@H]1CCC(=O)NC1=O)C2=O. The van der Waals surface area contributed by atoms with Gasteiger partial charge in [-0.05, 0) is 92.6 Å². The van der Waals surface area contributed by atoms with Crippen molar-refractivity contribution in [2.75, 3.05) is 71.0 Å². The number of ether oxygens (including phenoxy) is 4. The van der Waals surface area contributed by atoms with Crippen molar-refractivity contribution in [3.63, 3.8) is 0 Å². The Balaban J connectivity index is 0.783.